The fraction of sp³-hybridized carbons (Fsp3) is 0.375. The maximum atomic E-state index is 13.5. The number of hydrogen-bond acceptors (Lipinski definition) is 3. The molecular formula is C16H18F2N2S. The minimum Gasteiger partial charge on any atom is -0.329 e. The first-order valence-corrected chi connectivity index (χ1v) is 7.99. The first-order valence-electron chi connectivity index (χ1n) is 7.11. The van der Waals surface area contributed by atoms with Crippen molar-refractivity contribution in [3.05, 3.63) is 57.8 Å². The minimum absolute atomic E-state index is 0.148. The van der Waals surface area contributed by atoms with Crippen LogP contribution in [-0.2, 0) is 6.54 Å². The second-order valence-electron chi connectivity index (χ2n) is 5.44. The Kier molecular flexibility index (Phi) is 4.33. The van der Waals surface area contributed by atoms with Gasteiger partial charge in [0.05, 0.1) is 0 Å². The van der Waals surface area contributed by atoms with Crippen molar-refractivity contribution in [2.24, 2.45) is 5.73 Å². The van der Waals surface area contributed by atoms with Crippen LogP contribution >= 0.6 is 11.3 Å². The zero-order valence-corrected chi connectivity index (χ0v) is 12.5. The number of nitrogens with two attached hydrogens (primary N) is 1. The highest BCUT2D eigenvalue weighted by Gasteiger charge is 2.34. The molecule has 0 amide bonds. The Balaban J connectivity index is 1.87. The van der Waals surface area contributed by atoms with E-state index < -0.39 is 11.6 Å². The predicted octanol–water partition coefficient (Wildman–Crippen LogP) is 3.69. The van der Waals surface area contributed by atoms with E-state index in [1.807, 2.05) is 11.4 Å². The van der Waals surface area contributed by atoms with Crippen molar-refractivity contribution in [3.63, 3.8) is 0 Å². The van der Waals surface area contributed by atoms with E-state index in [4.69, 9.17) is 5.73 Å². The molecule has 1 aromatic heterocycles. The number of hydrogen-bond donors (Lipinski definition) is 1. The molecule has 0 aliphatic heterocycles. The molecule has 112 valence electrons. The quantitative estimate of drug-likeness (QED) is 0.882. The van der Waals surface area contributed by atoms with Gasteiger partial charge in [-0.1, -0.05) is 6.07 Å². The number of thiophene rings is 1. The van der Waals surface area contributed by atoms with Gasteiger partial charge >= 0.3 is 0 Å². The molecule has 2 aromatic rings. The molecule has 1 atom stereocenters. The lowest BCUT2D eigenvalue weighted by Gasteiger charge is -2.31. The average Bonchev–Trinajstić information content (AvgIpc) is 3.15. The van der Waals surface area contributed by atoms with Crippen molar-refractivity contribution in [1.29, 1.82) is 0 Å². The largest absolute Gasteiger partial charge is 0.329 e. The van der Waals surface area contributed by atoms with E-state index in [-0.39, 0.29) is 6.04 Å². The van der Waals surface area contributed by atoms with Crippen LogP contribution < -0.4 is 5.73 Å². The monoisotopic (exact) mass is 308 g/mol. The summed E-state index contributed by atoms with van der Waals surface area (Å²) in [7, 11) is 0. The van der Waals surface area contributed by atoms with E-state index in [9.17, 15) is 8.78 Å². The van der Waals surface area contributed by atoms with Crippen molar-refractivity contribution in [2.75, 3.05) is 6.54 Å². The summed E-state index contributed by atoms with van der Waals surface area (Å²) in [6.07, 6.45) is 2.25. The third kappa shape index (κ3) is 3.48. The standard InChI is InChI=1S/C16H18F2N2S/c17-12-6-11(7-13(18)8-12)16(9-19)20(14-3-4-14)10-15-2-1-5-21-15/h1-2,5-8,14,16H,3-4,9-10,19H2. The Morgan fingerprint density at radius 3 is 2.48 bits per heavy atom. The maximum Gasteiger partial charge on any atom is 0.126 e. The smallest absolute Gasteiger partial charge is 0.126 e. The zero-order valence-electron chi connectivity index (χ0n) is 11.6. The lowest BCUT2D eigenvalue weighted by atomic mass is 10.0. The van der Waals surface area contributed by atoms with Crippen LogP contribution in [0.25, 0.3) is 0 Å². The molecule has 0 bridgehead atoms. The Morgan fingerprint density at radius 2 is 1.95 bits per heavy atom. The molecule has 1 fully saturated rings. The number of halogens is 2. The van der Waals surface area contributed by atoms with Gasteiger partial charge in [0.1, 0.15) is 11.6 Å². The number of benzene rings is 1. The summed E-state index contributed by atoms with van der Waals surface area (Å²) in [4.78, 5) is 3.53. The van der Waals surface area contributed by atoms with Crippen LogP contribution in [0.2, 0.25) is 0 Å². The van der Waals surface area contributed by atoms with Gasteiger partial charge in [-0.25, -0.2) is 8.78 Å². The fourth-order valence-electron chi connectivity index (χ4n) is 2.71. The van der Waals surface area contributed by atoms with E-state index in [0.29, 0.717) is 18.2 Å². The van der Waals surface area contributed by atoms with Crippen molar-refractivity contribution in [3.8, 4) is 0 Å². The zero-order chi connectivity index (χ0) is 14.8. The highest BCUT2D eigenvalue weighted by Crippen LogP contribution is 2.36. The van der Waals surface area contributed by atoms with Crippen LogP contribution in [0.1, 0.15) is 29.3 Å². The van der Waals surface area contributed by atoms with Crippen molar-refractivity contribution in [2.45, 2.75) is 31.5 Å². The summed E-state index contributed by atoms with van der Waals surface area (Å²) in [5, 5.41) is 2.04. The van der Waals surface area contributed by atoms with Crippen molar-refractivity contribution < 1.29 is 8.78 Å². The van der Waals surface area contributed by atoms with Crippen molar-refractivity contribution in [1.82, 2.24) is 4.90 Å². The average molecular weight is 308 g/mol. The molecule has 5 heteroatoms. The van der Waals surface area contributed by atoms with E-state index in [2.05, 4.69) is 11.0 Å². The molecule has 0 radical (unpaired) electrons. The molecule has 1 aliphatic carbocycles. The third-order valence-corrected chi connectivity index (χ3v) is 4.69. The minimum atomic E-state index is -0.546. The van der Waals surface area contributed by atoms with Gasteiger partial charge in [0.25, 0.3) is 0 Å². The second kappa shape index (κ2) is 6.22. The van der Waals surface area contributed by atoms with Crippen LogP contribution in [0.15, 0.2) is 35.7 Å². The highest BCUT2D eigenvalue weighted by atomic mass is 32.1. The molecule has 0 spiro atoms. The molecule has 0 saturated heterocycles. The van der Waals surface area contributed by atoms with Crippen molar-refractivity contribution >= 4 is 11.3 Å². The summed E-state index contributed by atoms with van der Waals surface area (Å²) in [5.41, 5.74) is 6.54. The topological polar surface area (TPSA) is 29.3 Å². The first-order chi connectivity index (χ1) is 10.2. The fourth-order valence-corrected chi connectivity index (χ4v) is 3.43. The van der Waals surface area contributed by atoms with Crippen LogP contribution in [0.4, 0.5) is 8.78 Å². The molecular weight excluding hydrogens is 290 g/mol. The van der Waals surface area contributed by atoms with Crippen LogP contribution in [-0.4, -0.2) is 17.5 Å². The van der Waals surface area contributed by atoms with Gasteiger partial charge in [-0.2, -0.15) is 0 Å². The molecule has 1 aromatic carbocycles. The maximum absolute atomic E-state index is 13.5. The molecule has 3 rings (SSSR count). The Bertz CT molecular complexity index is 576. The van der Waals surface area contributed by atoms with Crippen LogP contribution in [0.3, 0.4) is 0 Å². The molecule has 1 aliphatic rings. The number of nitrogens with zero attached hydrogens (tertiary/aromatic N) is 1. The van der Waals surface area contributed by atoms with E-state index >= 15 is 0 Å². The summed E-state index contributed by atoms with van der Waals surface area (Å²) in [6, 6.07) is 8.10. The van der Waals surface area contributed by atoms with Gasteiger partial charge in [-0.3, -0.25) is 4.90 Å². The molecule has 21 heavy (non-hydrogen) atoms. The number of rotatable bonds is 6. The van der Waals surface area contributed by atoms with Gasteiger partial charge < -0.3 is 5.73 Å². The predicted molar refractivity (Wildman–Crippen MR) is 81.0 cm³/mol. The van der Waals surface area contributed by atoms with Gasteiger partial charge in [0.2, 0.25) is 0 Å². The van der Waals surface area contributed by atoms with E-state index in [1.54, 1.807) is 11.3 Å². The van der Waals surface area contributed by atoms with E-state index in [0.717, 1.165) is 25.5 Å². The third-order valence-electron chi connectivity index (χ3n) is 3.83. The Morgan fingerprint density at radius 1 is 1.24 bits per heavy atom. The summed E-state index contributed by atoms with van der Waals surface area (Å²) in [5.74, 6) is -1.09. The molecule has 1 heterocycles. The second-order valence-corrected chi connectivity index (χ2v) is 6.47. The van der Waals surface area contributed by atoms with Gasteiger partial charge in [0, 0.05) is 36.1 Å². The highest BCUT2D eigenvalue weighted by molar-refractivity contribution is 7.09. The SMILES string of the molecule is NCC(c1cc(F)cc(F)c1)N(Cc1cccs1)C1CC1. The van der Waals surface area contributed by atoms with E-state index in [1.165, 1.54) is 17.0 Å². The lowest BCUT2D eigenvalue weighted by Crippen LogP contribution is -2.35. The Labute approximate surface area is 127 Å². The lowest BCUT2D eigenvalue weighted by molar-refractivity contribution is 0.183. The van der Waals surface area contributed by atoms with Gasteiger partial charge in [0.15, 0.2) is 0 Å². The molecule has 1 saturated carbocycles. The molecule has 2 N–H and O–H groups in total. The van der Waals surface area contributed by atoms with Crippen LogP contribution in [0, 0.1) is 11.6 Å². The van der Waals surface area contributed by atoms with Gasteiger partial charge in [-0.05, 0) is 42.0 Å². The summed E-state index contributed by atoms with van der Waals surface area (Å²) in [6.45, 7) is 1.13. The molecule has 1 unspecified atom stereocenters. The summed E-state index contributed by atoms with van der Waals surface area (Å²) >= 11 is 1.70. The van der Waals surface area contributed by atoms with Gasteiger partial charge in [-0.15, -0.1) is 11.3 Å². The van der Waals surface area contributed by atoms with Crippen LogP contribution in [0.5, 0.6) is 0 Å². The first kappa shape index (κ1) is 14.6. The summed E-state index contributed by atoms with van der Waals surface area (Å²) < 4.78 is 27.0. The normalized spacial score (nSPS) is 16.4. The Hall–Kier alpha value is -1.30. The molecule has 2 nitrogen and oxygen atoms in total.